The van der Waals surface area contributed by atoms with Gasteiger partial charge in [-0.15, -0.1) is 0 Å². The van der Waals surface area contributed by atoms with Gasteiger partial charge in [-0.25, -0.2) is 0 Å². The summed E-state index contributed by atoms with van der Waals surface area (Å²) in [7, 11) is 1.71. The molecule has 3 aromatic rings. The molecule has 1 nitrogen and oxygen atoms in total. The van der Waals surface area contributed by atoms with Gasteiger partial charge in [0.05, 0.1) is 7.11 Å². The highest BCUT2D eigenvalue weighted by Crippen LogP contribution is 2.29. The summed E-state index contributed by atoms with van der Waals surface area (Å²) in [6, 6.07) is 27.2. The van der Waals surface area contributed by atoms with Crippen molar-refractivity contribution in [3.63, 3.8) is 0 Å². The molecule has 3 aromatic carbocycles. The third-order valence-electron chi connectivity index (χ3n) is 3.89. The maximum Gasteiger partial charge on any atom is 0.126 e. The van der Waals surface area contributed by atoms with Crippen LogP contribution in [0, 0.1) is 6.92 Å². The molecule has 1 heteroatoms. The quantitative estimate of drug-likeness (QED) is 0.570. The molecule has 0 amide bonds. The van der Waals surface area contributed by atoms with Gasteiger partial charge in [-0.1, -0.05) is 78.4 Å². The zero-order valence-electron chi connectivity index (χ0n) is 13.5. The minimum atomic E-state index is 0.882. The summed E-state index contributed by atoms with van der Waals surface area (Å²) < 4.78 is 5.49. The molecule has 0 saturated heterocycles. The van der Waals surface area contributed by atoms with Crippen LogP contribution in [0.4, 0.5) is 0 Å². The molecule has 0 unspecified atom stereocenters. The van der Waals surface area contributed by atoms with Crippen molar-refractivity contribution in [2.45, 2.75) is 6.92 Å². The molecule has 0 heterocycles. The second kappa shape index (κ2) is 6.97. The van der Waals surface area contributed by atoms with Crippen LogP contribution in [-0.4, -0.2) is 7.11 Å². The van der Waals surface area contributed by atoms with Crippen molar-refractivity contribution >= 4 is 11.6 Å². The summed E-state index contributed by atoms with van der Waals surface area (Å²) in [6.45, 7) is 2.11. The van der Waals surface area contributed by atoms with Crippen LogP contribution in [0.3, 0.4) is 0 Å². The van der Waals surface area contributed by atoms with Crippen molar-refractivity contribution in [1.29, 1.82) is 0 Å². The van der Waals surface area contributed by atoms with E-state index >= 15 is 0 Å². The number of ether oxygens (including phenoxy) is 1. The SMILES string of the molecule is COc1ccccc1/C=C(\c1ccccc1)c1ccc(C)cc1. The fourth-order valence-corrected chi connectivity index (χ4v) is 2.63. The summed E-state index contributed by atoms with van der Waals surface area (Å²) in [5.74, 6) is 0.882. The Bertz CT molecular complexity index is 799. The first kappa shape index (κ1) is 15.1. The maximum absolute atomic E-state index is 5.49. The third-order valence-corrected chi connectivity index (χ3v) is 3.89. The Morgan fingerprint density at radius 2 is 1.35 bits per heavy atom. The van der Waals surface area contributed by atoms with Gasteiger partial charge in [0.15, 0.2) is 0 Å². The number of hydrogen-bond donors (Lipinski definition) is 0. The molecular weight excluding hydrogens is 280 g/mol. The van der Waals surface area contributed by atoms with Crippen LogP contribution >= 0.6 is 0 Å². The predicted octanol–water partition coefficient (Wildman–Crippen LogP) is 5.59. The molecule has 0 aliphatic heterocycles. The first-order chi connectivity index (χ1) is 11.3. The summed E-state index contributed by atoms with van der Waals surface area (Å²) >= 11 is 0. The van der Waals surface area contributed by atoms with Gasteiger partial charge in [0.25, 0.3) is 0 Å². The predicted molar refractivity (Wildman–Crippen MR) is 97.6 cm³/mol. The summed E-state index contributed by atoms with van der Waals surface area (Å²) in [6.07, 6.45) is 2.19. The van der Waals surface area contributed by atoms with Crippen molar-refractivity contribution in [2.24, 2.45) is 0 Å². The lowest BCUT2D eigenvalue weighted by Gasteiger charge is -2.11. The Morgan fingerprint density at radius 1 is 0.739 bits per heavy atom. The smallest absolute Gasteiger partial charge is 0.126 e. The minimum absolute atomic E-state index is 0.882. The van der Waals surface area contributed by atoms with Gasteiger partial charge in [-0.3, -0.25) is 0 Å². The van der Waals surface area contributed by atoms with Gasteiger partial charge < -0.3 is 4.74 Å². The molecule has 3 rings (SSSR count). The summed E-state index contributed by atoms with van der Waals surface area (Å²) in [4.78, 5) is 0. The molecule has 0 radical (unpaired) electrons. The van der Waals surface area contributed by atoms with Crippen molar-refractivity contribution in [1.82, 2.24) is 0 Å². The Labute approximate surface area is 137 Å². The number of benzene rings is 3. The molecule has 0 bridgehead atoms. The number of rotatable bonds is 4. The van der Waals surface area contributed by atoms with Crippen LogP contribution in [0.15, 0.2) is 78.9 Å². The van der Waals surface area contributed by atoms with E-state index in [-0.39, 0.29) is 0 Å². The van der Waals surface area contributed by atoms with Crippen LogP contribution in [0.25, 0.3) is 11.6 Å². The first-order valence-electron chi connectivity index (χ1n) is 7.75. The van der Waals surface area contributed by atoms with Crippen LogP contribution in [0.2, 0.25) is 0 Å². The molecule has 0 aliphatic carbocycles. The third kappa shape index (κ3) is 3.51. The number of hydrogen-bond acceptors (Lipinski definition) is 1. The van der Waals surface area contributed by atoms with Gasteiger partial charge in [0.1, 0.15) is 5.75 Å². The lowest BCUT2D eigenvalue weighted by molar-refractivity contribution is 0.414. The van der Waals surface area contributed by atoms with E-state index in [0.717, 1.165) is 11.3 Å². The van der Waals surface area contributed by atoms with Gasteiger partial charge >= 0.3 is 0 Å². The standard InChI is InChI=1S/C22H20O/c1-17-12-14-19(15-13-17)21(18-8-4-3-5-9-18)16-20-10-6-7-11-22(20)23-2/h3-16H,1-2H3/b21-16+. The Morgan fingerprint density at radius 3 is 2.04 bits per heavy atom. The molecule has 0 spiro atoms. The highest BCUT2D eigenvalue weighted by Gasteiger charge is 2.07. The fraction of sp³-hybridized carbons (Fsp3) is 0.0909. The average molecular weight is 300 g/mol. The maximum atomic E-state index is 5.49. The lowest BCUT2D eigenvalue weighted by atomic mass is 9.95. The molecule has 0 atom stereocenters. The van der Waals surface area contributed by atoms with Crippen LogP contribution in [-0.2, 0) is 0 Å². The van der Waals surface area contributed by atoms with Crippen LogP contribution < -0.4 is 4.74 Å². The van der Waals surface area contributed by atoms with Crippen molar-refractivity contribution in [3.05, 3.63) is 101 Å². The topological polar surface area (TPSA) is 9.23 Å². The van der Waals surface area contributed by atoms with E-state index in [4.69, 9.17) is 4.74 Å². The first-order valence-corrected chi connectivity index (χ1v) is 7.75. The van der Waals surface area contributed by atoms with E-state index in [0.29, 0.717) is 0 Å². The molecule has 0 aliphatic rings. The van der Waals surface area contributed by atoms with E-state index in [1.165, 1.54) is 22.3 Å². The van der Waals surface area contributed by atoms with E-state index in [1.54, 1.807) is 7.11 Å². The fourth-order valence-electron chi connectivity index (χ4n) is 2.63. The Hall–Kier alpha value is -2.80. The summed E-state index contributed by atoms with van der Waals surface area (Å²) in [5.41, 5.74) is 5.93. The molecule has 0 fully saturated rings. The van der Waals surface area contributed by atoms with E-state index in [2.05, 4.69) is 67.6 Å². The molecule has 23 heavy (non-hydrogen) atoms. The molecular formula is C22H20O. The molecule has 0 N–H and O–H groups in total. The molecule has 0 saturated carbocycles. The summed E-state index contributed by atoms with van der Waals surface area (Å²) in [5, 5.41) is 0. The highest BCUT2D eigenvalue weighted by atomic mass is 16.5. The van der Waals surface area contributed by atoms with Gasteiger partial charge in [0.2, 0.25) is 0 Å². The average Bonchev–Trinajstić information content (AvgIpc) is 2.61. The van der Waals surface area contributed by atoms with Crippen molar-refractivity contribution in [3.8, 4) is 5.75 Å². The van der Waals surface area contributed by atoms with E-state index < -0.39 is 0 Å². The highest BCUT2D eigenvalue weighted by molar-refractivity contribution is 5.92. The molecule has 114 valence electrons. The number of methoxy groups -OCH3 is 1. The zero-order valence-corrected chi connectivity index (χ0v) is 13.5. The van der Waals surface area contributed by atoms with E-state index in [9.17, 15) is 0 Å². The minimum Gasteiger partial charge on any atom is -0.496 e. The number of para-hydroxylation sites is 1. The van der Waals surface area contributed by atoms with Gasteiger partial charge in [0, 0.05) is 5.56 Å². The number of aryl methyl sites for hydroxylation is 1. The second-order valence-corrected chi connectivity index (χ2v) is 5.53. The monoisotopic (exact) mass is 300 g/mol. The Balaban J connectivity index is 2.16. The zero-order chi connectivity index (χ0) is 16.1. The van der Waals surface area contributed by atoms with Crippen molar-refractivity contribution < 1.29 is 4.74 Å². The largest absolute Gasteiger partial charge is 0.496 e. The second-order valence-electron chi connectivity index (χ2n) is 5.53. The van der Waals surface area contributed by atoms with Gasteiger partial charge in [-0.2, -0.15) is 0 Å². The van der Waals surface area contributed by atoms with E-state index in [1.807, 2.05) is 24.3 Å². The lowest BCUT2D eigenvalue weighted by Crippen LogP contribution is -1.91. The van der Waals surface area contributed by atoms with Crippen LogP contribution in [0.1, 0.15) is 22.3 Å². The van der Waals surface area contributed by atoms with Gasteiger partial charge in [-0.05, 0) is 35.8 Å². The Kier molecular flexibility index (Phi) is 4.58. The normalized spacial score (nSPS) is 11.3. The van der Waals surface area contributed by atoms with Crippen molar-refractivity contribution in [2.75, 3.05) is 7.11 Å². The van der Waals surface area contributed by atoms with Crippen LogP contribution in [0.5, 0.6) is 5.75 Å². The molecule has 0 aromatic heterocycles.